The number of nitrogens with zero attached hydrogens (tertiary/aromatic N) is 5. The van der Waals surface area contributed by atoms with Gasteiger partial charge in [0.25, 0.3) is 0 Å². The van der Waals surface area contributed by atoms with E-state index in [0.29, 0.717) is 19.6 Å². The van der Waals surface area contributed by atoms with E-state index < -0.39 is 24.3 Å². The van der Waals surface area contributed by atoms with Gasteiger partial charge in [0.05, 0.1) is 60.5 Å². The first-order valence-electron chi connectivity index (χ1n) is 23.5. The molecule has 0 aliphatic carbocycles. The fraction of sp³-hybridized carbons (Fsp3) is 0.520. The number of fused-ring (bicyclic) bond motifs is 2. The maximum absolute atomic E-state index is 13.9. The van der Waals surface area contributed by atoms with Gasteiger partial charge in [0, 0.05) is 30.7 Å². The van der Waals surface area contributed by atoms with Crippen LogP contribution in [0.25, 0.3) is 22.1 Å². The van der Waals surface area contributed by atoms with Crippen LogP contribution < -0.4 is 21.3 Å². The maximum Gasteiger partial charge on any atom is 0.407 e. The van der Waals surface area contributed by atoms with Gasteiger partial charge in [-0.25, -0.2) is 19.6 Å². The van der Waals surface area contributed by atoms with Crippen molar-refractivity contribution in [3.05, 3.63) is 89.0 Å². The van der Waals surface area contributed by atoms with Crippen LogP contribution in [0.4, 0.5) is 15.3 Å². The number of likely N-dealkylation sites (tertiary alicyclic amines) is 2. The molecule has 6 atom stereocenters. The Labute approximate surface area is 386 Å². The van der Waals surface area contributed by atoms with Crippen LogP contribution in [0.15, 0.2) is 60.7 Å². The summed E-state index contributed by atoms with van der Waals surface area (Å²) in [7, 11) is 2.60. The standard InChI is InChI=1S/C50H66N10O6/c1-28(2)42(56-48(63)65-7)46(61)58-23-9-11-40(58)44-52-34-19-13-30(25-36(34)54-44)38-21-22-39(60(38)33-17-15-32(16-18-33)50(5,6)27-51)31-14-20-35-37(26-31)55-45(53-35)41-12-10-24-59(41)47(62)43(29(3)4)57-49(64)66-8/h13-20,25-26,28-29,38-43H,9-12,21-24,27,51H2,1-8H3,(H,52,54)(H,53,55)(H,56,63)(H,57,64)/t38-,39?,40+,41+,42+,43+/m1/s1. The van der Waals surface area contributed by atoms with Gasteiger partial charge in [-0.05, 0) is 103 Å². The zero-order valence-electron chi connectivity index (χ0n) is 39.5. The Morgan fingerprint density at radius 2 is 1.12 bits per heavy atom. The molecule has 0 spiro atoms. The van der Waals surface area contributed by atoms with Crippen LogP contribution in [0.2, 0.25) is 0 Å². The van der Waals surface area contributed by atoms with Crippen molar-refractivity contribution in [2.45, 2.75) is 122 Å². The molecule has 0 saturated carbocycles. The van der Waals surface area contributed by atoms with E-state index in [1.165, 1.54) is 19.8 Å². The number of aromatic nitrogens is 4. The summed E-state index contributed by atoms with van der Waals surface area (Å²) in [5.41, 5.74) is 14.1. The molecule has 5 heterocycles. The number of anilines is 1. The van der Waals surface area contributed by atoms with Crippen molar-refractivity contribution in [3.63, 3.8) is 0 Å². The number of amides is 4. The van der Waals surface area contributed by atoms with Crippen LogP contribution in [0, 0.1) is 11.8 Å². The lowest BCUT2D eigenvalue weighted by Gasteiger charge is -2.34. The molecule has 66 heavy (non-hydrogen) atoms. The van der Waals surface area contributed by atoms with Gasteiger partial charge in [0.2, 0.25) is 11.8 Å². The van der Waals surface area contributed by atoms with E-state index in [2.05, 4.69) is 100 Å². The number of nitrogens with one attached hydrogen (secondary N) is 4. The van der Waals surface area contributed by atoms with Gasteiger partial charge in [0.15, 0.2) is 0 Å². The van der Waals surface area contributed by atoms with E-state index in [-0.39, 0.29) is 53.2 Å². The minimum absolute atomic E-state index is 0.0406. The zero-order chi connectivity index (χ0) is 47.0. The third kappa shape index (κ3) is 9.03. The quantitative estimate of drug-likeness (QED) is 0.0774. The number of methoxy groups -OCH3 is 2. The molecular formula is C50H66N10O6. The van der Waals surface area contributed by atoms with Crippen LogP contribution in [0.1, 0.15) is 133 Å². The molecule has 16 nitrogen and oxygen atoms in total. The third-order valence-electron chi connectivity index (χ3n) is 14.1. The molecule has 3 saturated heterocycles. The van der Waals surface area contributed by atoms with Gasteiger partial charge < -0.3 is 50.5 Å². The largest absolute Gasteiger partial charge is 0.453 e. The number of hydrogen-bond donors (Lipinski definition) is 5. The van der Waals surface area contributed by atoms with Gasteiger partial charge in [-0.2, -0.15) is 0 Å². The summed E-state index contributed by atoms with van der Waals surface area (Å²) >= 11 is 0. The summed E-state index contributed by atoms with van der Waals surface area (Å²) in [5.74, 6) is 0.942. The zero-order valence-corrected chi connectivity index (χ0v) is 39.5. The lowest BCUT2D eigenvalue weighted by Crippen LogP contribution is -2.51. The number of hydrogen-bond acceptors (Lipinski definition) is 10. The molecule has 0 bridgehead atoms. The van der Waals surface area contributed by atoms with Crippen molar-refractivity contribution < 1.29 is 28.7 Å². The number of alkyl carbamates (subject to hydrolysis) is 2. The van der Waals surface area contributed by atoms with Gasteiger partial charge in [-0.3, -0.25) is 9.59 Å². The van der Waals surface area contributed by atoms with Crippen LogP contribution in [-0.4, -0.2) is 99.7 Å². The van der Waals surface area contributed by atoms with Gasteiger partial charge in [0.1, 0.15) is 23.7 Å². The van der Waals surface area contributed by atoms with Gasteiger partial charge in [-0.1, -0.05) is 65.8 Å². The van der Waals surface area contributed by atoms with E-state index in [1.54, 1.807) is 0 Å². The van der Waals surface area contributed by atoms with E-state index in [4.69, 9.17) is 25.2 Å². The third-order valence-corrected chi connectivity index (χ3v) is 14.1. The maximum atomic E-state index is 13.9. The van der Waals surface area contributed by atoms with E-state index in [9.17, 15) is 19.2 Å². The second-order valence-corrected chi connectivity index (χ2v) is 19.5. The topological polar surface area (TPSA) is 204 Å². The Hall–Kier alpha value is -6.16. The smallest absolute Gasteiger partial charge is 0.407 e. The molecule has 4 amide bonds. The predicted octanol–water partition coefficient (Wildman–Crippen LogP) is 7.85. The van der Waals surface area contributed by atoms with Crippen molar-refractivity contribution in [2.75, 3.05) is 38.8 Å². The number of carbonyl (C=O) groups excluding carboxylic acids is 4. The van der Waals surface area contributed by atoms with Crippen LogP contribution in [0.5, 0.6) is 0 Å². The monoisotopic (exact) mass is 903 g/mol. The molecule has 3 aromatic carbocycles. The summed E-state index contributed by atoms with van der Waals surface area (Å²) in [5, 5.41) is 5.48. The molecule has 8 rings (SSSR count). The number of ether oxygens (including phenoxy) is 2. The van der Waals surface area contributed by atoms with Crippen molar-refractivity contribution in [2.24, 2.45) is 17.6 Å². The summed E-state index contributed by atoms with van der Waals surface area (Å²) in [4.78, 5) is 75.6. The molecule has 16 heteroatoms. The molecule has 2 aromatic heterocycles. The number of aromatic amines is 2. The van der Waals surface area contributed by atoms with Crippen molar-refractivity contribution in [1.82, 2.24) is 40.4 Å². The number of nitrogens with two attached hydrogens (primary N) is 1. The van der Waals surface area contributed by atoms with Crippen LogP contribution in [-0.2, 0) is 24.5 Å². The fourth-order valence-corrected chi connectivity index (χ4v) is 10.2. The van der Waals surface area contributed by atoms with E-state index in [1.807, 2.05) is 37.5 Å². The minimum Gasteiger partial charge on any atom is -0.453 e. The molecule has 5 aromatic rings. The second-order valence-electron chi connectivity index (χ2n) is 19.5. The highest BCUT2D eigenvalue weighted by atomic mass is 16.5. The average molecular weight is 903 g/mol. The van der Waals surface area contributed by atoms with Gasteiger partial charge in [-0.15, -0.1) is 0 Å². The molecule has 3 aliphatic heterocycles. The summed E-state index contributed by atoms with van der Waals surface area (Å²) in [6.07, 6.45) is 3.76. The predicted molar refractivity (Wildman–Crippen MR) is 254 cm³/mol. The first-order valence-corrected chi connectivity index (χ1v) is 23.5. The molecule has 3 fully saturated rings. The van der Waals surface area contributed by atoms with Crippen LogP contribution in [0.3, 0.4) is 0 Å². The molecule has 352 valence electrons. The van der Waals surface area contributed by atoms with E-state index in [0.717, 1.165) is 89.1 Å². The van der Waals surface area contributed by atoms with Crippen molar-refractivity contribution in [3.8, 4) is 0 Å². The molecule has 1 unspecified atom stereocenters. The SMILES string of the molecule is COC(=O)N[C@H](C(=O)N1CCC[C@H]1c1nc2ccc(C3CC[C@H](c4ccc5nc([C@@H]6CCCN6C(=O)[C@@H](NC(=O)OC)C(C)C)[nH]c5c4)N3c3ccc(C(C)(C)CN)cc3)cc2[nH]1)C(C)C. The first-order chi connectivity index (χ1) is 31.6. The Morgan fingerprint density at radius 3 is 1.52 bits per heavy atom. The Bertz CT molecular complexity index is 2420. The number of H-pyrrole nitrogens is 2. The highest BCUT2D eigenvalue weighted by Gasteiger charge is 2.41. The van der Waals surface area contributed by atoms with Crippen LogP contribution >= 0.6 is 0 Å². The molecule has 6 N–H and O–H groups in total. The van der Waals surface area contributed by atoms with Crippen molar-refractivity contribution >= 4 is 51.8 Å². The Kier molecular flexibility index (Phi) is 13.3. The highest BCUT2D eigenvalue weighted by Crippen LogP contribution is 2.48. The van der Waals surface area contributed by atoms with E-state index >= 15 is 0 Å². The number of benzene rings is 3. The normalized spacial score (nSPS) is 21.0. The molecular weight excluding hydrogens is 837 g/mol. The first kappa shape index (κ1) is 46.4. The average Bonchev–Trinajstić information content (AvgIpc) is 4.17. The lowest BCUT2D eigenvalue weighted by atomic mass is 9.85. The Morgan fingerprint density at radius 1 is 0.682 bits per heavy atom. The lowest BCUT2D eigenvalue weighted by molar-refractivity contribution is -0.136. The number of imidazole rings is 2. The number of rotatable bonds is 13. The molecule has 3 aliphatic rings. The minimum atomic E-state index is -0.712. The summed E-state index contributed by atoms with van der Waals surface area (Å²) < 4.78 is 9.66. The Balaban J connectivity index is 1.09. The van der Waals surface area contributed by atoms with Crippen molar-refractivity contribution in [1.29, 1.82) is 0 Å². The number of carbonyl (C=O) groups is 4. The fourth-order valence-electron chi connectivity index (χ4n) is 10.2. The second kappa shape index (κ2) is 19.0. The molecule has 0 radical (unpaired) electrons. The summed E-state index contributed by atoms with van der Waals surface area (Å²) in [6.45, 7) is 13.7. The summed E-state index contributed by atoms with van der Waals surface area (Å²) in [6, 6.07) is 19.9. The van der Waals surface area contributed by atoms with Gasteiger partial charge >= 0.3 is 12.2 Å². The highest BCUT2D eigenvalue weighted by molar-refractivity contribution is 5.87.